The second-order valence-electron chi connectivity index (χ2n) is 4.29. The zero-order chi connectivity index (χ0) is 11.4. The quantitative estimate of drug-likeness (QED) is 0.750. The van der Waals surface area contributed by atoms with Gasteiger partial charge in [-0.15, -0.1) is 0 Å². The molecule has 1 aliphatic rings. The summed E-state index contributed by atoms with van der Waals surface area (Å²) in [4.78, 5) is 13.9. The Hall–Kier alpha value is -1.13. The van der Waals surface area contributed by atoms with Crippen LogP contribution in [0.3, 0.4) is 0 Å². The predicted octanol–water partition coefficient (Wildman–Crippen LogP) is 0.271. The van der Waals surface area contributed by atoms with Crippen LogP contribution in [0.5, 0.6) is 0 Å². The van der Waals surface area contributed by atoms with Crippen molar-refractivity contribution in [2.75, 3.05) is 19.6 Å². The lowest BCUT2D eigenvalue weighted by Gasteiger charge is -2.21. The Morgan fingerprint density at radius 1 is 1.38 bits per heavy atom. The molecule has 0 unspecified atom stereocenters. The summed E-state index contributed by atoms with van der Waals surface area (Å²) in [7, 11) is 0. The third-order valence-corrected chi connectivity index (χ3v) is 3.01. The lowest BCUT2D eigenvalue weighted by molar-refractivity contribution is 0.258. The van der Waals surface area contributed by atoms with Crippen LogP contribution in [0, 0.1) is 0 Å². The van der Waals surface area contributed by atoms with Crippen LogP contribution in [-0.2, 0) is 6.54 Å². The maximum Gasteiger partial charge on any atom is 0.250 e. The Balaban J connectivity index is 1.90. The molecule has 1 aromatic rings. The van der Waals surface area contributed by atoms with Crippen molar-refractivity contribution < 1.29 is 0 Å². The third-order valence-electron chi connectivity index (χ3n) is 3.01. The summed E-state index contributed by atoms with van der Waals surface area (Å²) in [5.41, 5.74) is 5.66. The first-order chi connectivity index (χ1) is 7.81. The van der Waals surface area contributed by atoms with Crippen molar-refractivity contribution in [3.63, 3.8) is 0 Å². The first kappa shape index (κ1) is 11.4. The third kappa shape index (κ3) is 2.93. The molecule has 1 aliphatic carbocycles. The number of pyridine rings is 1. The number of hydrogen-bond donors (Lipinski definition) is 1. The smallest absolute Gasteiger partial charge is 0.250 e. The number of rotatable bonds is 6. The average molecular weight is 221 g/mol. The molecule has 88 valence electrons. The minimum Gasteiger partial charge on any atom is -0.329 e. The maximum atomic E-state index is 11.5. The van der Waals surface area contributed by atoms with Crippen molar-refractivity contribution in [2.45, 2.75) is 25.4 Å². The van der Waals surface area contributed by atoms with Gasteiger partial charge in [0.15, 0.2) is 0 Å². The topological polar surface area (TPSA) is 51.3 Å². The van der Waals surface area contributed by atoms with E-state index in [4.69, 9.17) is 5.73 Å². The Kier molecular flexibility index (Phi) is 3.74. The van der Waals surface area contributed by atoms with E-state index in [1.165, 1.54) is 12.8 Å². The summed E-state index contributed by atoms with van der Waals surface area (Å²) < 4.78 is 1.76. The fraction of sp³-hybridized carbons (Fsp3) is 0.583. The summed E-state index contributed by atoms with van der Waals surface area (Å²) in [5.74, 6) is 0. The van der Waals surface area contributed by atoms with E-state index in [9.17, 15) is 4.79 Å². The second-order valence-corrected chi connectivity index (χ2v) is 4.29. The lowest BCUT2D eigenvalue weighted by atomic mass is 10.4. The number of hydrogen-bond acceptors (Lipinski definition) is 3. The van der Waals surface area contributed by atoms with Gasteiger partial charge in [0.1, 0.15) is 0 Å². The normalized spacial score (nSPS) is 15.6. The van der Waals surface area contributed by atoms with E-state index in [-0.39, 0.29) is 5.56 Å². The molecular formula is C12H19N3O. The highest BCUT2D eigenvalue weighted by atomic mass is 16.1. The SMILES string of the molecule is NCCN(CCn1ccccc1=O)C1CC1. The molecule has 1 fully saturated rings. The van der Waals surface area contributed by atoms with E-state index in [1.54, 1.807) is 16.7 Å². The Morgan fingerprint density at radius 2 is 2.19 bits per heavy atom. The van der Waals surface area contributed by atoms with Gasteiger partial charge in [0.2, 0.25) is 0 Å². The molecule has 0 saturated heterocycles. The Morgan fingerprint density at radius 3 is 2.81 bits per heavy atom. The molecule has 1 heterocycles. The summed E-state index contributed by atoms with van der Waals surface area (Å²) in [5, 5.41) is 0. The van der Waals surface area contributed by atoms with Gasteiger partial charge in [-0.05, 0) is 18.9 Å². The largest absolute Gasteiger partial charge is 0.329 e. The van der Waals surface area contributed by atoms with E-state index in [0.717, 1.165) is 19.6 Å². The molecule has 0 amide bonds. The molecule has 0 bridgehead atoms. The second kappa shape index (κ2) is 5.27. The molecule has 0 spiro atoms. The molecule has 2 N–H and O–H groups in total. The van der Waals surface area contributed by atoms with Crippen LogP contribution >= 0.6 is 0 Å². The van der Waals surface area contributed by atoms with Gasteiger partial charge in [-0.1, -0.05) is 6.07 Å². The van der Waals surface area contributed by atoms with Gasteiger partial charge in [0.25, 0.3) is 5.56 Å². The van der Waals surface area contributed by atoms with Crippen LogP contribution in [0.2, 0.25) is 0 Å². The fourth-order valence-electron chi connectivity index (χ4n) is 1.96. The van der Waals surface area contributed by atoms with Crippen LogP contribution in [0.4, 0.5) is 0 Å². The van der Waals surface area contributed by atoms with Gasteiger partial charge in [-0.25, -0.2) is 0 Å². The fourth-order valence-corrected chi connectivity index (χ4v) is 1.96. The van der Waals surface area contributed by atoms with E-state index in [2.05, 4.69) is 4.90 Å². The Bertz CT molecular complexity index is 384. The minimum atomic E-state index is 0.0750. The molecule has 1 saturated carbocycles. The summed E-state index contributed by atoms with van der Waals surface area (Å²) in [6.45, 7) is 3.31. The van der Waals surface area contributed by atoms with Gasteiger partial charge in [0.05, 0.1) is 0 Å². The van der Waals surface area contributed by atoms with Crippen LogP contribution in [0.25, 0.3) is 0 Å². The van der Waals surface area contributed by atoms with Crippen LogP contribution in [0.15, 0.2) is 29.2 Å². The minimum absolute atomic E-state index is 0.0750. The van der Waals surface area contributed by atoms with E-state index in [0.29, 0.717) is 12.6 Å². The molecular weight excluding hydrogens is 202 g/mol. The monoisotopic (exact) mass is 221 g/mol. The maximum absolute atomic E-state index is 11.5. The van der Waals surface area contributed by atoms with Crippen LogP contribution in [-0.4, -0.2) is 35.1 Å². The highest BCUT2D eigenvalue weighted by Gasteiger charge is 2.27. The van der Waals surface area contributed by atoms with Crippen molar-refractivity contribution in [2.24, 2.45) is 5.73 Å². The first-order valence-corrected chi connectivity index (χ1v) is 5.91. The van der Waals surface area contributed by atoms with Crippen molar-refractivity contribution >= 4 is 0 Å². The standard InChI is InChI=1S/C12H19N3O/c13-6-8-14(11-4-5-11)9-10-15-7-2-1-3-12(15)16/h1-3,7,11H,4-6,8-10,13H2. The summed E-state index contributed by atoms with van der Waals surface area (Å²) in [6, 6.07) is 5.98. The van der Waals surface area contributed by atoms with E-state index >= 15 is 0 Å². The van der Waals surface area contributed by atoms with Crippen molar-refractivity contribution in [3.8, 4) is 0 Å². The molecule has 2 rings (SSSR count). The van der Waals surface area contributed by atoms with E-state index in [1.807, 2.05) is 12.3 Å². The van der Waals surface area contributed by atoms with Gasteiger partial charge in [-0.2, -0.15) is 0 Å². The molecule has 4 heteroatoms. The molecule has 0 aliphatic heterocycles. The molecule has 0 atom stereocenters. The predicted molar refractivity (Wildman–Crippen MR) is 64.4 cm³/mol. The average Bonchev–Trinajstić information content (AvgIpc) is 3.10. The van der Waals surface area contributed by atoms with Crippen LogP contribution < -0.4 is 11.3 Å². The zero-order valence-electron chi connectivity index (χ0n) is 9.51. The summed E-state index contributed by atoms with van der Waals surface area (Å²) in [6.07, 6.45) is 4.41. The number of aromatic nitrogens is 1. The van der Waals surface area contributed by atoms with Gasteiger partial charge in [-0.3, -0.25) is 9.69 Å². The Labute approximate surface area is 95.7 Å². The zero-order valence-corrected chi connectivity index (χ0v) is 9.51. The van der Waals surface area contributed by atoms with Crippen LogP contribution in [0.1, 0.15) is 12.8 Å². The highest BCUT2D eigenvalue weighted by Crippen LogP contribution is 2.25. The first-order valence-electron chi connectivity index (χ1n) is 5.91. The van der Waals surface area contributed by atoms with Gasteiger partial charge >= 0.3 is 0 Å². The number of nitrogens with zero attached hydrogens (tertiary/aromatic N) is 2. The molecule has 16 heavy (non-hydrogen) atoms. The lowest BCUT2D eigenvalue weighted by Crippen LogP contribution is -2.35. The van der Waals surface area contributed by atoms with Crippen molar-refractivity contribution in [1.29, 1.82) is 0 Å². The highest BCUT2D eigenvalue weighted by molar-refractivity contribution is 4.93. The van der Waals surface area contributed by atoms with E-state index < -0.39 is 0 Å². The van der Waals surface area contributed by atoms with Gasteiger partial charge < -0.3 is 10.3 Å². The van der Waals surface area contributed by atoms with Crippen molar-refractivity contribution in [1.82, 2.24) is 9.47 Å². The molecule has 0 aromatic carbocycles. The molecule has 0 radical (unpaired) electrons. The number of nitrogens with two attached hydrogens (primary N) is 1. The van der Waals surface area contributed by atoms with Crippen molar-refractivity contribution in [3.05, 3.63) is 34.7 Å². The summed E-state index contributed by atoms with van der Waals surface area (Å²) >= 11 is 0. The van der Waals surface area contributed by atoms with Gasteiger partial charge in [0, 0.05) is 44.5 Å². The molecule has 4 nitrogen and oxygen atoms in total. The molecule has 1 aromatic heterocycles.